The minimum atomic E-state index is 0.0551. The second kappa shape index (κ2) is 8.21. The number of pyridine rings is 1. The van der Waals surface area contributed by atoms with Crippen molar-refractivity contribution in [3.8, 4) is 0 Å². The van der Waals surface area contributed by atoms with E-state index in [9.17, 15) is 4.79 Å². The van der Waals surface area contributed by atoms with Gasteiger partial charge in [0.25, 0.3) is 5.91 Å². The van der Waals surface area contributed by atoms with E-state index in [1.54, 1.807) is 6.20 Å². The summed E-state index contributed by atoms with van der Waals surface area (Å²) in [5.41, 5.74) is 5.64. The molecule has 1 aromatic carbocycles. The second-order valence-corrected chi connectivity index (χ2v) is 7.95. The van der Waals surface area contributed by atoms with Gasteiger partial charge in [0.15, 0.2) is 0 Å². The summed E-state index contributed by atoms with van der Waals surface area (Å²) in [4.78, 5) is 24.1. The average molecular weight is 379 g/mol. The van der Waals surface area contributed by atoms with Gasteiger partial charge in [0.05, 0.1) is 0 Å². The second-order valence-electron chi connectivity index (χ2n) is 7.95. The number of rotatable bonds is 3. The van der Waals surface area contributed by atoms with Crippen molar-refractivity contribution in [2.24, 2.45) is 0 Å². The molecule has 5 nitrogen and oxygen atoms in total. The highest BCUT2D eigenvalue weighted by Crippen LogP contribution is 2.25. The van der Waals surface area contributed by atoms with Crippen molar-refractivity contribution in [3.05, 3.63) is 53.3 Å². The SMILES string of the molecule is Cc1cccc(N2CCN(C(=O)c3cc(N4CCCCC4)ccn3)CC2)c1C. The molecule has 0 aliphatic carbocycles. The summed E-state index contributed by atoms with van der Waals surface area (Å²) in [5, 5.41) is 0. The molecule has 0 unspecified atom stereocenters. The number of hydrogen-bond donors (Lipinski definition) is 0. The third-order valence-electron chi connectivity index (χ3n) is 6.17. The molecule has 1 amide bonds. The standard InChI is InChI=1S/C23H30N4O/c1-18-7-6-8-22(19(18)2)26-13-15-27(16-14-26)23(28)21-17-20(9-10-24-21)25-11-4-3-5-12-25/h6-10,17H,3-5,11-16H2,1-2H3. The Bertz CT molecular complexity index is 836. The van der Waals surface area contributed by atoms with E-state index in [2.05, 4.69) is 46.8 Å². The molecular formula is C23H30N4O. The summed E-state index contributed by atoms with van der Waals surface area (Å²) in [7, 11) is 0. The van der Waals surface area contributed by atoms with Crippen LogP contribution in [0.25, 0.3) is 0 Å². The van der Waals surface area contributed by atoms with E-state index in [0.29, 0.717) is 5.69 Å². The topological polar surface area (TPSA) is 39.7 Å². The molecule has 0 radical (unpaired) electrons. The molecule has 0 atom stereocenters. The zero-order valence-corrected chi connectivity index (χ0v) is 17.0. The Morgan fingerprint density at radius 2 is 1.64 bits per heavy atom. The van der Waals surface area contributed by atoms with Crippen LogP contribution in [-0.4, -0.2) is 55.1 Å². The Balaban J connectivity index is 1.42. The van der Waals surface area contributed by atoms with Crippen LogP contribution in [0.2, 0.25) is 0 Å². The molecule has 28 heavy (non-hydrogen) atoms. The number of amides is 1. The van der Waals surface area contributed by atoms with Crippen LogP contribution in [0.15, 0.2) is 36.5 Å². The Morgan fingerprint density at radius 3 is 2.39 bits per heavy atom. The number of carbonyl (C=O) groups excluding carboxylic acids is 1. The van der Waals surface area contributed by atoms with Gasteiger partial charge in [-0.2, -0.15) is 0 Å². The lowest BCUT2D eigenvalue weighted by Gasteiger charge is -2.37. The number of aromatic nitrogens is 1. The van der Waals surface area contributed by atoms with Crippen LogP contribution in [-0.2, 0) is 0 Å². The van der Waals surface area contributed by atoms with Crippen molar-refractivity contribution in [3.63, 3.8) is 0 Å². The normalized spacial score (nSPS) is 17.7. The monoisotopic (exact) mass is 378 g/mol. The van der Waals surface area contributed by atoms with Gasteiger partial charge in [-0.1, -0.05) is 12.1 Å². The van der Waals surface area contributed by atoms with Gasteiger partial charge in [-0.05, 0) is 62.4 Å². The largest absolute Gasteiger partial charge is 0.371 e. The van der Waals surface area contributed by atoms with Crippen molar-refractivity contribution in [1.29, 1.82) is 0 Å². The average Bonchev–Trinajstić information content (AvgIpc) is 2.76. The van der Waals surface area contributed by atoms with Gasteiger partial charge in [0, 0.05) is 56.8 Å². The van der Waals surface area contributed by atoms with Crippen LogP contribution in [0.4, 0.5) is 11.4 Å². The summed E-state index contributed by atoms with van der Waals surface area (Å²) < 4.78 is 0. The van der Waals surface area contributed by atoms with Gasteiger partial charge in [-0.25, -0.2) is 0 Å². The quantitative estimate of drug-likeness (QED) is 0.817. The van der Waals surface area contributed by atoms with Crippen LogP contribution in [0.3, 0.4) is 0 Å². The summed E-state index contributed by atoms with van der Waals surface area (Å²) in [6, 6.07) is 10.5. The molecule has 0 saturated carbocycles. The number of carbonyl (C=O) groups is 1. The first kappa shape index (κ1) is 18.8. The van der Waals surface area contributed by atoms with Gasteiger partial charge < -0.3 is 14.7 Å². The molecule has 0 spiro atoms. The lowest BCUT2D eigenvalue weighted by molar-refractivity contribution is 0.0741. The molecule has 4 rings (SSSR count). The highest BCUT2D eigenvalue weighted by atomic mass is 16.2. The maximum atomic E-state index is 13.0. The summed E-state index contributed by atoms with van der Waals surface area (Å²) in [6.07, 6.45) is 5.54. The summed E-state index contributed by atoms with van der Waals surface area (Å²) >= 11 is 0. The number of anilines is 2. The first-order chi connectivity index (χ1) is 13.6. The number of hydrogen-bond acceptors (Lipinski definition) is 4. The molecule has 2 aliphatic heterocycles. The zero-order chi connectivity index (χ0) is 19.5. The van der Waals surface area contributed by atoms with E-state index in [1.165, 1.54) is 36.1 Å². The minimum absolute atomic E-state index is 0.0551. The minimum Gasteiger partial charge on any atom is -0.371 e. The molecular weight excluding hydrogens is 348 g/mol. The zero-order valence-electron chi connectivity index (χ0n) is 17.0. The fourth-order valence-corrected chi connectivity index (χ4v) is 4.28. The first-order valence-corrected chi connectivity index (χ1v) is 10.4. The number of nitrogens with zero attached hydrogens (tertiary/aromatic N) is 4. The molecule has 2 aliphatic rings. The van der Waals surface area contributed by atoms with E-state index in [4.69, 9.17) is 0 Å². The van der Waals surface area contributed by atoms with Crippen LogP contribution in [0.1, 0.15) is 40.9 Å². The fourth-order valence-electron chi connectivity index (χ4n) is 4.28. The number of aryl methyl sites for hydroxylation is 1. The van der Waals surface area contributed by atoms with Crippen molar-refractivity contribution < 1.29 is 4.79 Å². The highest BCUT2D eigenvalue weighted by Gasteiger charge is 2.24. The molecule has 5 heteroatoms. The maximum absolute atomic E-state index is 13.0. The lowest BCUT2D eigenvalue weighted by Crippen LogP contribution is -2.49. The van der Waals surface area contributed by atoms with Crippen LogP contribution < -0.4 is 9.80 Å². The van der Waals surface area contributed by atoms with Crippen molar-refractivity contribution in [2.75, 3.05) is 49.1 Å². The van der Waals surface area contributed by atoms with Crippen LogP contribution in [0.5, 0.6) is 0 Å². The third-order valence-corrected chi connectivity index (χ3v) is 6.17. The van der Waals surface area contributed by atoms with E-state index < -0.39 is 0 Å². The molecule has 148 valence electrons. The van der Waals surface area contributed by atoms with Crippen molar-refractivity contribution in [2.45, 2.75) is 33.1 Å². The summed E-state index contributed by atoms with van der Waals surface area (Å²) in [5.74, 6) is 0.0551. The first-order valence-electron chi connectivity index (χ1n) is 10.4. The Kier molecular flexibility index (Phi) is 5.51. The molecule has 0 N–H and O–H groups in total. The predicted octanol–water partition coefficient (Wildman–Crippen LogP) is 3.65. The van der Waals surface area contributed by atoms with Gasteiger partial charge in [-0.3, -0.25) is 9.78 Å². The Hall–Kier alpha value is -2.56. The number of benzene rings is 1. The van der Waals surface area contributed by atoms with Gasteiger partial charge in [-0.15, -0.1) is 0 Å². The predicted molar refractivity (Wildman–Crippen MR) is 114 cm³/mol. The highest BCUT2D eigenvalue weighted by molar-refractivity contribution is 5.93. The van der Waals surface area contributed by atoms with Gasteiger partial charge in [0.2, 0.25) is 0 Å². The van der Waals surface area contributed by atoms with Crippen molar-refractivity contribution >= 4 is 17.3 Å². The van der Waals surface area contributed by atoms with Crippen LogP contribution >= 0.6 is 0 Å². The molecule has 2 saturated heterocycles. The van der Waals surface area contributed by atoms with Gasteiger partial charge >= 0.3 is 0 Å². The molecule has 1 aromatic heterocycles. The van der Waals surface area contributed by atoms with E-state index in [1.807, 2.05) is 17.0 Å². The molecule has 0 bridgehead atoms. The van der Waals surface area contributed by atoms with Crippen LogP contribution in [0, 0.1) is 13.8 Å². The lowest BCUT2D eigenvalue weighted by atomic mass is 10.1. The smallest absolute Gasteiger partial charge is 0.272 e. The fraction of sp³-hybridized carbons (Fsp3) is 0.478. The third kappa shape index (κ3) is 3.84. The van der Waals surface area contributed by atoms with Gasteiger partial charge in [0.1, 0.15) is 5.69 Å². The van der Waals surface area contributed by atoms with E-state index >= 15 is 0 Å². The van der Waals surface area contributed by atoms with Crippen molar-refractivity contribution in [1.82, 2.24) is 9.88 Å². The number of piperidine rings is 1. The summed E-state index contributed by atoms with van der Waals surface area (Å²) in [6.45, 7) is 9.68. The molecule has 3 heterocycles. The number of piperazine rings is 1. The molecule has 2 fully saturated rings. The van der Waals surface area contributed by atoms with E-state index in [-0.39, 0.29) is 5.91 Å². The Labute approximate surface area is 168 Å². The molecule has 2 aromatic rings. The van der Waals surface area contributed by atoms with E-state index in [0.717, 1.165) is 45.0 Å². The Morgan fingerprint density at radius 1 is 0.893 bits per heavy atom. The maximum Gasteiger partial charge on any atom is 0.272 e.